The second kappa shape index (κ2) is 5.27. The largest absolute Gasteiger partial charge is 0.350 e. The van der Waals surface area contributed by atoms with E-state index < -0.39 is 11.2 Å². The predicted molar refractivity (Wildman–Crippen MR) is 87.8 cm³/mol. The molecular weight excluding hydrogens is 298 g/mol. The van der Waals surface area contributed by atoms with Crippen molar-refractivity contribution < 1.29 is 0 Å². The molecule has 0 bridgehead atoms. The Morgan fingerprint density at radius 3 is 2.52 bits per heavy atom. The fraction of sp³-hybridized carbons (Fsp3) is 0.286. The Morgan fingerprint density at radius 2 is 1.87 bits per heavy atom. The normalized spacial score (nSPS) is 11.7. The lowest BCUT2D eigenvalue weighted by molar-refractivity contribution is 0.705. The first-order chi connectivity index (χ1) is 10.9. The predicted octanol–water partition coefficient (Wildman–Crippen LogP) is -0.245. The minimum absolute atomic E-state index is 0.317. The zero-order chi connectivity index (χ0) is 16.7. The highest BCUT2D eigenvalue weighted by molar-refractivity contribution is 5.78. The van der Waals surface area contributed by atoms with Crippen LogP contribution in [0.4, 0.5) is 5.95 Å². The van der Waals surface area contributed by atoms with Crippen molar-refractivity contribution in [3.8, 4) is 0 Å². The molecule has 0 atom stereocenters. The molecule has 9 nitrogen and oxygen atoms in total. The number of aromatic nitrogens is 5. The zero-order valence-electron chi connectivity index (χ0n) is 13.3. The van der Waals surface area contributed by atoms with Crippen molar-refractivity contribution >= 4 is 23.3 Å². The number of rotatable bonds is 3. The summed E-state index contributed by atoms with van der Waals surface area (Å²) in [6, 6.07) is 3.83. The van der Waals surface area contributed by atoms with Gasteiger partial charge in [0, 0.05) is 34.4 Å². The van der Waals surface area contributed by atoms with Gasteiger partial charge in [0.25, 0.3) is 5.56 Å². The number of hydrogen-bond acceptors (Lipinski definition) is 5. The van der Waals surface area contributed by atoms with Crippen molar-refractivity contribution in [3.63, 3.8) is 0 Å². The molecule has 0 saturated carbocycles. The summed E-state index contributed by atoms with van der Waals surface area (Å²) >= 11 is 0. The number of hydrazone groups is 1. The van der Waals surface area contributed by atoms with Gasteiger partial charge in [-0.2, -0.15) is 10.1 Å². The first-order valence-corrected chi connectivity index (χ1v) is 6.94. The van der Waals surface area contributed by atoms with E-state index in [1.54, 1.807) is 24.9 Å². The van der Waals surface area contributed by atoms with Gasteiger partial charge in [-0.3, -0.25) is 13.9 Å². The van der Waals surface area contributed by atoms with Crippen molar-refractivity contribution in [2.24, 2.45) is 33.3 Å². The number of aryl methyl sites for hydroxylation is 3. The highest BCUT2D eigenvalue weighted by Crippen LogP contribution is 2.12. The first kappa shape index (κ1) is 14.8. The van der Waals surface area contributed by atoms with Gasteiger partial charge in [0.05, 0.1) is 11.9 Å². The van der Waals surface area contributed by atoms with Crippen molar-refractivity contribution in [2.75, 3.05) is 5.43 Å². The van der Waals surface area contributed by atoms with Crippen LogP contribution in [0.5, 0.6) is 0 Å². The molecule has 9 heteroatoms. The van der Waals surface area contributed by atoms with Gasteiger partial charge in [-0.25, -0.2) is 10.2 Å². The summed E-state index contributed by atoms with van der Waals surface area (Å²) in [6.45, 7) is 0. The first-order valence-electron chi connectivity index (χ1n) is 6.94. The molecule has 3 aromatic rings. The highest BCUT2D eigenvalue weighted by Gasteiger charge is 2.16. The van der Waals surface area contributed by atoms with E-state index in [-0.39, 0.29) is 0 Å². The summed E-state index contributed by atoms with van der Waals surface area (Å²) in [5.41, 5.74) is 3.57. The molecule has 0 amide bonds. The molecule has 120 valence electrons. The molecular formula is C14H17N7O2. The van der Waals surface area contributed by atoms with Gasteiger partial charge in [-0.05, 0) is 12.1 Å². The molecule has 0 saturated heterocycles. The third-order valence-electron chi connectivity index (χ3n) is 3.82. The van der Waals surface area contributed by atoms with Crippen molar-refractivity contribution in [1.82, 2.24) is 23.3 Å². The molecule has 3 rings (SSSR count). The number of imidazole rings is 1. The Balaban J connectivity index is 2.05. The molecule has 1 N–H and O–H groups in total. The number of anilines is 1. The molecule has 0 fully saturated rings. The highest BCUT2D eigenvalue weighted by atomic mass is 16.2. The van der Waals surface area contributed by atoms with E-state index in [1.165, 1.54) is 11.6 Å². The van der Waals surface area contributed by atoms with E-state index in [9.17, 15) is 9.59 Å². The minimum Gasteiger partial charge on any atom is -0.350 e. The summed E-state index contributed by atoms with van der Waals surface area (Å²) in [6.07, 6.45) is 3.56. The maximum Gasteiger partial charge on any atom is 0.332 e. The Hall–Kier alpha value is -3.10. The molecule has 3 aromatic heterocycles. The average Bonchev–Trinajstić information content (AvgIpc) is 3.08. The number of fused-ring (bicyclic) bond motifs is 1. The molecule has 0 spiro atoms. The van der Waals surface area contributed by atoms with Crippen LogP contribution < -0.4 is 16.7 Å². The lowest BCUT2D eigenvalue weighted by atomic mass is 10.5. The third-order valence-corrected chi connectivity index (χ3v) is 3.82. The monoisotopic (exact) mass is 315 g/mol. The van der Waals surface area contributed by atoms with E-state index in [0.29, 0.717) is 17.1 Å². The topological polar surface area (TPSA) is 91.1 Å². The van der Waals surface area contributed by atoms with Crippen molar-refractivity contribution in [2.45, 2.75) is 0 Å². The second-order valence-electron chi connectivity index (χ2n) is 5.29. The Kier molecular flexibility index (Phi) is 3.40. The van der Waals surface area contributed by atoms with Gasteiger partial charge in [-0.15, -0.1) is 0 Å². The van der Waals surface area contributed by atoms with Crippen LogP contribution in [0.25, 0.3) is 11.2 Å². The quantitative estimate of drug-likeness (QED) is 0.533. The van der Waals surface area contributed by atoms with Crippen molar-refractivity contribution in [3.05, 3.63) is 44.9 Å². The molecule has 0 unspecified atom stereocenters. The SMILES string of the molecule is Cn1cccc1C=NNc1nc2c(c(=O)n(C)c(=O)n2C)n1C. The fourth-order valence-corrected chi connectivity index (χ4v) is 2.38. The minimum atomic E-state index is -0.417. The van der Waals surface area contributed by atoms with E-state index in [2.05, 4.69) is 15.5 Å². The summed E-state index contributed by atoms with van der Waals surface area (Å²) in [4.78, 5) is 28.5. The molecule has 0 aliphatic heterocycles. The van der Waals surface area contributed by atoms with Gasteiger partial charge < -0.3 is 9.13 Å². The van der Waals surface area contributed by atoms with E-state index in [0.717, 1.165) is 10.3 Å². The Bertz CT molecular complexity index is 1030. The summed E-state index contributed by atoms with van der Waals surface area (Å²) < 4.78 is 5.89. The molecule has 0 radical (unpaired) electrons. The van der Waals surface area contributed by atoms with Crippen LogP contribution in [0.2, 0.25) is 0 Å². The van der Waals surface area contributed by atoms with E-state index in [4.69, 9.17) is 0 Å². The van der Waals surface area contributed by atoms with Gasteiger partial charge in [-0.1, -0.05) is 0 Å². The molecule has 0 aliphatic rings. The van der Waals surface area contributed by atoms with Gasteiger partial charge >= 0.3 is 5.69 Å². The lowest BCUT2D eigenvalue weighted by Gasteiger charge is -2.03. The molecule has 0 aliphatic carbocycles. The lowest BCUT2D eigenvalue weighted by Crippen LogP contribution is -2.37. The van der Waals surface area contributed by atoms with E-state index in [1.807, 2.05) is 29.9 Å². The summed E-state index contributed by atoms with van der Waals surface area (Å²) in [5.74, 6) is 0.378. The van der Waals surface area contributed by atoms with Gasteiger partial charge in [0.1, 0.15) is 0 Å². The van der Waals surface area contributed by atoms with Crippen LogP contribution in [-0.4, -0.2) is 29.5 Å². The van der Waals surface area contributed by atoms with Crippen LogP contribution >= 0.6 is 0 Å². The Labute approximate surface area is 131 Å². The molecule has 23 heavy (non-hydrogen) atoms. The van der Waals surface area contributed by atoms with Crippen LogP contribution in [0.15, 0.2) is 33.0 Å². The van der Waals surface area contributed by atoms with Gasteiger partial charge in [0.15, 0.2) is 11.2 Å². The molecule has 0 aromatic carbocycles. The van der Waals surface area contributed by atoms with Crippen LogP contribution in [0, 0.1) is 0 Å². The second-order valence-corrected chi connectivity index (χ2v) is 5.29. The fourth-order valence-electron chi connectivity index (χ4n) is 2.38. The number of nitrogens with one attached hydrogen (secondary N) is 1. The smallest absolute Gasteiger partial charge is 0.332 e. The van der Waals surface area contributed by atoms with Crippen molar-refractivity contribution in [1.29, 1.82) is 0 Å². The van der Waals surface area contributed by atoms with Crippen LogP contribution in [0.3, 0.4) is 0 Å². The standard InChI is InChI=1S/C14H17N7O2/c1-18-7-5-6-9(18)8-15-17-13-16-11-10(19(13)2)12(22)21(4)14(23)20(11)3/h5-8H,1-4H3,(H,16,17). The summed E-state index contributed by atoms with van der Waals surface area (Å²) in [5, 5.41) is 4.13. The number of nitrogens with zero attached hydrogens (tertiary/aromatic N) is 6. The van der Waals surface area contributed by atoms with E-state index >= 15 is 0 Å². The average molecular weight is 315 g/mol. The number of hydrogen-bond donors (Lipinski definition) is 1. The maximum absolute atomic E-state index is 12.3. The summed E-state index contributed by atoms with van der Waals surface area (Å²) in [7, 11) is 6.63. The van der Waals surface area contributed by atoms with Gasteiger partial charge in [0.2, 0.25) is 5.95 Å². The zero-order valence-corrected chi connectivity index (χ0v) is 13.3. The van der Waals surface area contributed by atoms with Crippen LogP contribution in [0.1, 0.15) is 5.69 Å². The van der Waals surface area contributed by atoms with Crippen LogP contribution in [-0.2, 0) is 28.2 Å². The third kappa shape index (κ3) is 2.26. The molecule has 3 heterocycles. The Morgan fingerprint density at radius 1 is 1.13 bits per heavy atom. The maximum atomic E-state index is 12.3.